The normalized spacial score (nSPS) is 13.9. The van der Waals surface area contributed by atoms with Gasteiger partial charge in [0.2, 0.25) is 11.9 Å². The van der Waals surface area contributed by atoms with E-state index in [0.29, 0.717) is 17.1 Å². The van der Waals surface area contributed by atoms with Crippen LogP contribution in [0.5, 0.6) is 5.75 Å². The molecule has 0 bridgehead atoms. The summed E-state index contributed by atoms with van der Waals surface area (Å²) in [7, 11) is 0. The highest BCUT2D eigenvalue weighted by molar-refractivity contribution is 5.88. The fourth-order valence-corrected chi connectivity index (χ4v) is 2.56. The lowest BCUT2D eigenvalue weighted by molar-refractivity contribution is -0.556. The van der Waals surface area contributed by atoms with Gasteiger partial charge in [0, 0.05) is 12.1 Å². The monoisotopic (exact) mass is 279 g/mol. The number of allylic oxidation sites excluding steroid dienone is 1. The third-order valence-electron chi connectivity index (χ3n) is 3.60. The molecule has 1 aliphatic heterocycles. The van der Waals surface area contributed by atoms with Crippen LogP contribution in [0.1, 0.15) is 21.6 Å². The van der Waals surface area contributed by atoms with E-state index in [1.54, 1.807) is 35.4 Å². The Morgan fingerprint density at radius 2 is 2.29 bits per heavy atom. The van der Waals surface area contributed by atoms with Crippen molar-refractivity contribution in [3.05, 3.63) is 53.6 Å². The molecule has 2 aromatic heterocycles. The van der Waals surface area contributed by atoms with Crippen LogP contribution < -0.4 is 9.30 Å². The van der Waals surface area contributed by atoms with Crippen LogP contribution in [0.2, 0.25) is 0 Å². The molecule has 0 amide bonds. The lowest BCUT2D eigenvalue weighted by Crippen LogP contribution is -2.29. The minimum atomic E-state index is -0.963. The molecule has 2 aliphatic rings. The van der Waals surface area contributed by atoms with E-state index < -0.39 is 5.97 Å². The maximum atomic E-state index is 11.2. The van der Waals surface area contributed by atoms with Gasteiger partial charge in [-0.2, -0.15) is 4.57 Å². The molecule has 0 saturated carbocycles. The first-order valence-corrected chi connectivity index (χ1v) is 6.55. The maximum Gasteiger partial charge on any atom is 0.336 e. The molecule has 0 aromatic carbocycles. The number of carboxylic acids is 1. The summed E-state index contributed by atoms with van der Waals surface area (Å²) in [6.45, 7) is 0. The Morgan fingerprint density at radius 3 is 3.14 bits per heavy atom. The molecular weight excluding hydrogens is 268 g/mol. The summed E-state index contributed by atoms with van der Waals surface area (Å²) < 4.78 is 7.42. The summed E-state index contributed by atoms with van der Waals surface area (Å²) in [5.41, 5.74) is 3.59. The molecule has 102 valence electrons. The van der Waals surface area contributed by atoms with Gasteiger partial charge in [-0.05, 0) is 24.1 Å². The molecule has 3 heterocycles. The van der Waals surface area contributed by atoms with Crippen LogP contribution in [0.25, 0.3) is 23.7 Å². The molecule has 21 heavy (non-hydrogen) atoms. The smallest absolute Gasteiger partial charge is 0.336 e. The first kappa shape index (κ1) is 11.8. The molecule has 0 atom stereocenters. The van der Waals surface area contributed by atoms with Crippen molar-refractivity contribution in [3.8, 4) is 17.1 Å². The summed E-state index contributed by atoms with van der Waals surface area (Å²) >= 11 is 0. The first-order valence-electron chi connectivity index (χ1n) is 6.55. The summed E-state index contributed by atoms with van der Waals surface area (Å²) in [4.78, 5) is 15.8. The zero-order valence-corrected chi connectivity index (χ0v) is 11.0. The van der Waals surface area contributed by atoms with Crippen LogP contribution >= 0.6 is 0 Å². The second kappa shape index (κ2) is 4.28. The van der Waals surface area contributed by atoms with Crippen molar-refractivity contribution in [1.29, 1.82) is 0 Å². The second-order valence-electron chi connectivity index (χ2n) is 4.90. The van der Waals surface area contributed by atoms with Crippen LogP contribution in [0.15, 0.2) is 36.7 Å². The Kier molecular flexibility index (Phi) is 2.41. The van der Waals surface area contributed by atoms with Crippen LogP contribution in [-0.2, 0) is 6.42 Å². The van der Waals surface area contributed by atoms with Crippen LogP contribution in [0.3, 0.4) is 0 Å². The highest BCUT2D eigenvalue weighted by Crippen LogP contribution is 2.33. The van der Waals surface area contributed by atoms with E-state index in [1.165, 1.54) is 0 Å². The largest absolute Gasteiger partial charge is 0.478 e. The number of pyridine rings is 2. The van der Waals surface area contributed by atoms with Gasteiger partial charge >= 0.3 is 5.97 Å². The predicted molar refractivity (Wildman–Crippen MR) is 75.5 cm³/mol. The number of rotatable bonds is 1. The number of fused-ring (bicyclic) bond motifs is 4. The molecular formula is C16H11N2O3+. The average Bonchev–Trinajstić information content (AvgIpc) is 2.86. The fourth-order valence-electron chi connectivity index (χ4n) is 2.56. The molecule has 0 saturated heterocycles. The summed E-state index contributed by atoms with van der Waals surface area (Å²) in [6.07, 6.45) is 9.88. The molecule has 4 rings (SSSR count). The molecule has 0 fully saturated rings. The van der Waals surface area contributed by atoms with Gasteiger partial charge in [0.05, 0.1) is 11.3 Å². The Hall–Kier alpha value is -2.95. The molecule has 1 aliphatic carbocycles. The predicted octanol–water partition coefficient (Wildman–Crippen LogP) is 2.12. The van der Waals surface area contributed by atoms with Crippen molar-refractivity contribution in [1.82, 2.24) is 4.98 Å². The SMILES string of the molecule is O=C(O)c1cc[n+]2c(c1)-c1nc3c(cc1OC=C2)CC=C3. The number of ether oxygens (including phenoxy) is 1. The lowest BCUT2D eigenvalue weighted by atomic mass is 10.1. The third-order valence-corrected chi connectivity index (χ3v) is 3.60. The van der Waals surface area contributed by atoms with Gasteiger partial charge in [-0.1, -0.05) is 6.08 Å². The number of aromatic carboxylic acids is 1. The third kappa shape index (κ3) is 1.82. The quantitative estimate of drug-likeness (QED) is 0.812. The van der Waals surface area contributed by atoms with Gasteiger partial charge in [-0.15, -0.1) is 0 Å². The molecule has 0 radical (unpaired) electrons. The van der Waals surface area contributed by atoms with Gasteiger partial charge in [0.15, 0.2) is 23.9 Å². The molecule has 0 spiro atoms. The summed E-state index contributed by atoms with van der Waals surface area (Å²) in [6, 6.07) is 5.12. The van der Waals surface area contributed by atoms with Crippen LogP contribution in [-0.4, -0.2) is 16.1 Å². The van der Waals surface area contributed by atoms with Crippen molar-refractivity contribution >= 4 is 18.2 Å². The number of aromatic nitrogens is 2. The number of nitrogens with zero attached hydrogens (tertiary/aromatic N) is 2. The Labute approximate surface area is 120 Å². The fraction of sp³-hybridized carbons (Fsp3) is 0.0625. The van der Waals surface area contributed by atoms with Gasteiger partial charge in [0.25, 0.3) is 0 Å². The van der Waals surface area contributed by atoms with Gasteiger partial charge in [-0.3, -0.25) is 0 Å². The topological polar surface area (TPSA) is 63.3 Å². The number of carboxylic acid groups (broad SMARTS) is 1. The maximum absolute atomic E-state index is 11.2. The first-order chi connectivity index (χ1) is 10.2. The summed E-state index contributed by atoms with van der Waals surface area (Å²) in [5, 5.41) is 9.17. The Morgan fingerprint density at radius 1 is 1.38 bits per heavy atom. The molecule has 0 unspecified atom stereocenters. The van der Waals surface area contributed by atoms with E-state index >= 15 is 0 Å². The molecule has 2 aromatic rings. The van der Waals surface area contributed by atoms with Gasteiger partial charge < -0.3 is 9.84 Å². The minimum absolute atomic E-state index is 0.223. The molecule has 5 nitrogen and oxygen atoms in total. The van der Waals surface area contributed by atoms with Crippen LogP contribution in [0.4, 0.5) is 0 Å². The van der Waals surface area contributed by atoms with E-state index in [4.69, 9.17) is 9.84 Å². The van der Waals surface area contributed by atoms with Gasteiger partial charge in [0.1, 0.15) is 0 Å². The zero-order chi connectivity index (χ0) is 14.4. The highest BCUT2D eigenvalue weighted by Gasteiger charge is 2.25. The van der Waals surface area contributed by atoms with Crippen molar-refractivity contribution in [2.45, 2.75) is 6.42 Å². The standard InChI is InChI=1S/C16H10N2O3/c19-16(20)11-4-5-18-6-7-21-14-9-10-2-1-3-12(10)17-15(14)13(18)8-11/h1,3-9H,2H2/p+1. The number of hydrogen-bond acceptors (Lipinski definition) is 3. The lowest BCUT2D eigenvalue weighted by Gasteiger charge is -2.07. The van der Waals surface area contributed by atoms with Crippen molar-refractivity contribution in [2.24, 2.45) is 0 Å². The van der Waals surface area contributed by atoms with Crippen LogP contribution in [0, 0.1) is 0 Å². The minimum Gasteiger partial charge on any atom is -0.478 e. The van der Waals surface area contributed by atoms with Crippen molar-refractivity contribution in [3.63, 3.8) is 0 Å². The summed E-state index contributed by atoms with van der Waals surface area (Å²) in [5.74, 6) is -0.322. The molecule has 1 N–H and O–H groups in total. The highest BCUT2D eigenvalue weighted by atomic mass is 16.5. The van der Waals surface area contributed by atoms with E-state index in [2.05, 4.69) is 11.1 Å². The number of carbonyl (C=O) groups is 1. The Balaban J connectivity index is 1.99. The van der Waals surface area contributed by atoms with E-state index in [-0.39, 0.29) is 5.56 Å². The van der Waals surface area contributed by atoms with E-state index in [1.807, 2.05) is 12.1 Å². The number of hydrogen-bond donors (Lipinski definition) is 1. The van der Waals surface area contributed by atoms with E-state index in [9.17, 15) is 4.79 Å². The average molecular weight is 279 g/mol. The Bertz CT molecular complexity index is 838. The van der Waals surface area contributed by atoms with Gasteiger partial charge in [-0.25, -0.2) is 9.78 Å². The van der Waals surface area contributed by atoms with Crippen molar-refractivity contribution in [2.75, 3.05) is 0 Å². The zero-order valence-electron chi connectivity index (χ0n) is 11.0. The second-order valence-corrected chi connectivity index (χ2v) is 4.90. The van der Waals surface area contributed by atoms with E-state index in [0.717, 1.165) is 17.7 Å². The molecule has 5 heteroatoms. The van der Waals surface area contributed by atoms with Crippen molar-refractivity contribution < 1.29 is 19.2 Å².